The second-order valence-electron chi connectivity index (χ2n) is 8.74. The third-order valence-electron chi connectivity index (χ3n) is 5.88. The number of aromatic nitrogens is 2. The fourth-order valence-corrected chi connectivity index (χ4v) is 3.88. The van der Waals surface area contributed by atoms with Crippen molar-refractivity contribution in [3.63, 3.8) is 0 Å². The van der Waals surface area contributed by atoms with Crippen molar-refractivity contribution >= 4 is 22.6 Å². The maximum absolute atomic E-state index is 13.0. The molecule has 6 heteroatoms. The highest BCUT2D eigenvalue weighted by atomic mass is 16.2. The van der Waals surface area contributed by atoms with Crippen LogP contribution in [-0.4, -0.2) is 65.4 Å². The van der Waals surface area contributed by atoms with Crippen LogP contribution in [0.3, 0.4) is 0 Å². The van der Waals surface area contributed by atoms with E-state index in [1.54, 1.807) is 6.33 Å². The summed E-state index contributed by atoms with van der Waals surface area (Å²) in [4.78, 5) is 26.1. The smallest absolute Gasteiger partial charge is 0.253 e. The summed E-state index contributed by atoms with van der Waals surface area (Å²) >= 11 is 0. The third kappa shape index (κ3) is 5.02. The first-order valence-corrected chi connectivity index (χ1v) is 11.1. The van der Waals surface area contributed by atoms with E-state index < -0.39 is 0 Å². The van der Waals surface area contributed by atoms with Crippen molar-refractivity contribution in [2.75, 3.05) is 45.1 Å². The van der Waals surface area contributed by atoms with E-state index in [2.05, 4.69) is 59.3 Å². The lowest BCUT2D eigenvalue weighted by Crippen LogP contribution is -2.47. The summed E-state index contributed by atoms with van der Waals surface area (Å²) in [5.41, 5.74) is 3.73. The van der Waals surface area contributed by atoms with Gasteiger partial charge in [-0.2, -0.15) is 0 Å². The fraction of sp³-hybridized carbons (Fsp3) is 0.400. The molecule has 1 aliphatic heterocycles. The van der Waals surface area contributed by atoms with Crippen LogP contribution in [0.25, 0.3) is 22.0 Å². The Bertz CT molecular complexity index is 1060. The van der Waals surface area contributed by atoms with E-state index in [0.29, 0.717) is 5.92 Å². The van der Waals surface area contributed by atoms with Gasteiger partial charge in [0.2, 0.25) is 0 Å². The molecule has 0 bridgehead atoms. The number of carbonyl (C=O) groups excluding carboxylic acids is 1. The summed E-state index contributed by atoms with van der Waals surface area (Å²) in [5, 5.41) is 4.46. The van der Waals surface area contributed by atoms with Gasteiger partial charge in [0.1, 0.15) is 12.1 Å². The molecule has 1 aromatic heterocycles. The Morgan fingerprint density at radius 1 is 1.03 bits per heavy atom. The number of carbonyl (C=O) groups is 1. The zero-order valence-corrected chi connectivity index (χ0v) is 18.6. The molecule has 162 valence electrons. The SMILES string of the molecule is CC(C)CCNc1ncnc2ccc(-c3cccc(C(=O)N4CCN(C)CC4)c3)cc12. The number of piperazine rings is 1. The normalized spacial score (nSPS) is 14.9. The van der Waals surface area contributed by atoms with Crippen LogP contribution in [0.15, 0.2) is 48.8 Å². The van der Waals surface area contributed by atoms with E-state index in [-0.39, 0.29) is 5.91 Å². The van der Waals surface area contributed by atoms with Crippen molar-refractivity contribution in [2.24, 2.45) is 5.92 Å². The first kappa shape index (κ1) is 21.2. The van der Waals surface area contributed by atoms with Crippen molar-refractivity contribution in [1.82, 2.24) is 19.8 Å². The van der Waals surface area contributed by atoms with Gasteiger partial charge in [-0.3, -0.25) is 4.79 Å². The Balaban J connectivity index is 1.60. The van der Waals surface area contributed by atoms with Crippen molar-refractivity contribution in [3.05, 3.63) is 54.4 Å². The number of hydrogen-bond acceptors (Lipinski definition) is 5. The molecule has 1 saturated heterocycles. The number of hydrogen-bond donors (Lipinski definition) is 1. The van der Waals surface area contributed by atoms with Crippen LogP contribution < -0.4 is 5.32 Å². The van der Waals surface area contributed by atoms with Crippen LogP contribution in [0.2, 0.25) is 0 Å². The predicted octanol–water partition coefficient (Wildman–Crippen LogP) is 4.14. The van der Waals surface area contributed by atoms with Crippen LogP contribution in [-0.2, 0) is 0 Å². The number of rotatable bonds is 6. The number of fused-ring (bicyclic) bond motifs is 1. The standard InChI is InChI=1S/C25H31N5O/c1-18(2)9-10-26-24-22-16-20(7-8-23(22)27-17-28-24)19-5-4-6-21(15-19)25(31)30-13-11-29(3)12-14-30/h4-8,15-18H,9-14H2,1-3H3,(H,26,27,28). The molecule has 31 heavy (non-hydrogen) atoms. The minimum Gasteiger partial charge on any atom is -0.369 e. The van der Waals surface area contributed by atoms with E-state index in [1.165, 1.54) is 0 Å². The van der Waals surface area contributed by atoms with Gasteiger partial charge in [-0.15, -0.1) is 0 Å². The fourth-order valence-electron chi connectivity index (χ4n) is 3.88. The van der Waals surface area contributed by atoms with Crippen LogP contribution in [0.5, 0.6) is 0 Å². The molecule has 0 saturated carbocycles. The average Bonchev–Trinajstić information content (AvgIpc) is 2.79. The Kier molecular flexibility index (Phi) is 6.47. The van der Waals surface area contributed by atoms with Gasteiger partial charge in [-0.25, -0.2) is 9.97 Å². The van der Waals surface area contributed by atoms with E-state index in [1.807, 2.05) is 29.2 Å². The minimum absolute atomic E-state index is 0.107. The monoisotopic (exact) mass is 417 g/mol. The van der Waals surface area contributed by atoms with E-state index >= 15 is 0 Å². The van der Waals surface area contributed by atoms with Crippen LogP contribution in [0.1, 0.15) is 30.6 Å². The molecule has 2 aromatic carbocycles. The molecule has 1 N–H and O–H groups in total. The number of anilines is 1. The lowest BCUT2D eigenvalue weighted by atomic mass is 10.0. The zero-order chi connectivity index (χ0) is 21.8. The van der Waals surface area contributed by atoms with Crippen LogP contribution in [0, 0.1) is 5.92 Å². The first-order chi connectivity index (χ1) is 15.0. The largest absolute Gasteiger partial charge is 0.369 e. The zero-order valence-electron chi connectivity index (χ0n) is 18.6. The average molecular weight is 418 g/mol. The Labute approximate surface area is 184 Å². The van der Waals surface area contributed by atoms with Gasteiger partial charge in [0.25, 0.3) is 5.91 Å². The van der Waals surface area contributed by atoms with Gasteiger partial charge in [-0.1, -0.05) is 32.0 Å². The minimum atomic E-state index is 0.107. The molecule has 1 fully saturated rings. The molecular weight excluding hydrogens is 386 g/mol. The van der Waals surface area contributed by atoms with Crippen molar-refractivity contribution in [1.29, 1.82) is 0 Å². The molecule has 3 aromatic rings. The van der Waals surface area contributed by atoms with Gasteiger partial charge in [0, 0.05) is 43.7 Å². The molecule has 6 nitrogen and oxygen atoms in total. The summed E-state index contributed by atoms with van der Waals surface area (Å²) in [7, 11) is 2.10. The third-order valence-corrected chi connectivity index (χ3v) is 5.88. The quantitative estimate of drug-likeness (QED) is 0.653. The number of amides is 1. The van der Waals surface area contributed by atoms with Crippen molar-refractivity contribution in [2.45, 2.75) is 20.3 Å². The Morgan fingerprint density at radius 2 is 1.81 bits per heavy atom. The molecule has 2 heterocycles. The van der Waals surface area contributed by atoms with Crippen molar-refractivity contribution in [3.8, 4) is 11.1 Å². The van der Waals surface area contributed by atoms with Gasteiger partial charge in [0.05, 0.1) is 5.52 Å². The second kappa shape index (κ2) is 9.43. The van der Waals surface area contributed by atoms with E-state index in [0.717, 1.165) is 72.6 Å². The van der Waals surface area contributed by atoms with Gasteiger partial charge in [0.15, 0.2) is 0 Å². The molecule has 0 radical (unpaired) electrons. The first-order valence-electron chi connectivity index (χ1n) is 11.1. The van der Waals surface area contributed by atoms with E-state index in [4.69, 9.17) is 0 Å². The lowest BCUT2D eigenvalue weighted by molar-refractivity contribution is 0.0664. The Morgan fingerprint density at radius 3 is 2.58 bits per heavy atom. The highest BCUT2D eigenvalue weighted by Crippen LogP contribution is 2.28. The summed E-state index contributed by atoms with van der Waals surface area (Å²) in [6, 6.07) is 14.1. The molecule has 0 atom stereocenters. The molecule has 0 unspecified atom stereocenters. The highest BCUT2D eigenvalue weighted by Gasteiger charge is 2.20. The maximum atomic E-state index is 13.0. The number of nitrogens with one attached hydrogen (secondary N) is 1. The highest BCUT2D eigenvalue weighted by molar-refractivity contribution is 5.97. The maximum Gasteiger partial charge on any atom is 0.253 e. The van der Waals surface area contributed by atoms with Gasteiger partial charge in [-0.05, 0) is 54.8 Å². The summed E-state index contributed by atoms with van der Waals surface area (Å²) in [6.07, 6.45) is 2.69. The summed E-state index contributed by atoms with van der Waals surface area (Å²) in [5.74, 6) is 1.60. The van der Waals surface area contributed by atoms with Crippen molar-refractivity contribution < 1.29 is 4.79 Å². The molecule has 0 aliphatic carbocycles. The lowest BCUT2D eigenvalue weighted by Gasteiger charge is -2.32. The molecule has 1 amide bonds. The second-order valence-corrected chi connectivity index (χ2v) is 8.74. The topological polar surface area (TPSA) is 61.4 Å². The molecule has 0 spiro atoms. The number of nitrogens with zero attached hydrogens (tertiary/aromatic N) is 4. The molecular formula is C25H31N5O. The number of benzene rings is 2. The number of likely N-dealkylation sites (N-methyl/N-ethyl adjacent to an activating group) is 1. The Hall–Kier alpha value is -2.99. The van der Waals surface area contributed by atoms with E-state index in [9.17, 15) is 4.79 Å². The van der Waals surface area contributed by atoms with Crippen LogP contribution >= 0.6 is 0 Å². The van der Waals surface area contributed by atoms with Gasteiger partial charge < -0.3 is 15.1 Å². The van der Waals surface area contributed by atoms with Gasteiger partial charge >= 0.3 is 0 Å². The summed E-state index contributed by atoms with van der Waals surface area (Å²) in [6.45, 7) is 8.70. The molecule has 1 aliphatic rings. The predicted molar refractivity (Wildman–Crippen MR) is 126 cm³/mol. The van der Waals surface area contributed by atoms with Crippen LogP contribution in [0.4, 0.5) is 5.82 Å². The summed E-state index contributed by atoms with van der Waals surface area (Å²) < 4.78 is 0. The molecule has 4 rings (SSSR count).